The van der Waals surface area contributed by atoms with Gasteiger partial charge in [-0.2, -0.15) is 0 Å². The van der Waals surface area contributed by atoms with E-state index in [1.165, 1.54) is 18.2 Å². The Morgan fingerprint density at radius 3 is 3.05 bits per heavy atom. The Hall–Kier alpha value is -1.45. The van der Waals surface area contributed by atoms with Gasteiger partial charge in [-0.05, 0) is 30.9 Å². The van der Waals surface area contributed by atoms with Crippen LogP contribution in [0.4, 0.5) is 0 Å². The lowest BCUT2D eigenvalue weighted by atomic mass is 10.0. The van der Waals surface area contributed by atoms with Crippen LogP contribution in [-0.2, 0) is 11.3 Å². The van der Waals surface area contributed by atoms with Crippen molar-refractivity contribution in [1.82, 2.24) is 10.3 Å². The Labute approximate surface area is 114 Å². The molecule has 0 spiro atoms. The Kier molecular flexibility index (Phi) is 4.06. The highest BCUT2D eigenvalue weighted by molar-refractivity contribution is 5.78. The van der Waals surface area contributed by atoms with Crippen LogP contribution < -0.4 is 5.32 Å². The molecule has 3 heteroatoms. The number of ether oxygens (including phenoxy) is 1. The fraction of sp³-hybridized carbons (Fsp3) is 0.438. The zero-order valence-electron chi connectivity index (χ0n) is 11.1. The number of fused-ring (bicyclic) bond motifs is 1. The first-order valence-corrected chi connectivity index (χ1v) is 7.05. The maximum atomic E-state index is 5.49. The highest BCUT2D eigenvalue weighted by Gasteiger charge is 2.13. The smallest absolute Gasteiger partial charge is 0.0705 e. The molecule has 0 aliphatic carbocycles. The van der Waals surface area contributed by atoms with Crippen molar-refractivity contribution in [2.75, 3.05) is 19.8 Å². The third-order valence-corrected chi connectivity index (χ3v) is 3.65. The van der Waals surface area contributed by atoms with Crippen LogP contribution in [-0.4, -0.2) is 24.7 Å². The maximum absolute atomic E-state index is 5.49. The van der Waals surface area contributed by atoms with Gasteiger partial charge in [-0.25, -0.2) is 0 Å². The third-order valence-electron chi connectivity index (χ3n) is 3.65. The third kappa shape index (κ3) is 3.31. The second kappa shape index (κ2) is 6.13. The van der Waals surface area contributed by atoms with Crippen LogP contribution in [0.5, 0.6) is 0 Å². The van der Waals surface area contributed by atoms with Gasteiger partial charge in [-0.15, -0.1) is 0 Å². The molecular weight excluding hydrogens is 236 g/mol. The molecule has 100 valence electrons. The topological polar surface area (TPSA) is 34.2 Å². The molecule has 1 fully saturated rings. The lowest BCUT2D eigenvalue weighted by Crippen LogP contribution is -2.29. The van der Waals surface area contributed by atoms with E-state index in [9.17, 15) is 0 Å². The minimum absolute atomic E-state index is 0.661. The summed E-state index contributed by atoms with van der Waals surface area (Å²) in [6, 6.07) is 12.5. The van der Waals surface area contributed by atoms with Crippen molar-refractivity contribution in [2.24, 2.45) is 5.92 Å². The summed E-state index contributed by atoms with van der Waals surface area (Å²) in [5, 5.41) is 4.69. The van der Waals surface area contributed by atoms with Crippen molar-refractivity contribution in [3.63, 3.8) is 0 Å². The van der Waals surface area contributed by atoms with Crippen molar-refractivity contribution in [1.29, 1.82) is 0 Å². The number of hydrogen-bond donors (Lipinski definition) is 1. The zero-order chi connectivity index (χ0) is 12.9. The summed E-state index contributed by atoms with van der Waals surface area (Å²) >= 11 is 0. The predicted molar refractivity (Wildman–Crippen MR) is 77.0 cm³/mol. The van der Waals surface area contributed by atoms with Crippen LogP contribution in [0.1, 0.15) is 18.5 Å². The molecule has 1 atom stereocenters. The van der Waals surface area contributed by atoms with Crippen LogP contribution in [0.2, 0.25) is 0 Å². The molecule has 0 bridgehead atoms. The van der Waals surface area contributed by atoms with Crippen molar-refractivity contribution in [3.8, 4) is 0 Å². The van der Waals surface area contributed by atoms with Gasteiger partial charge in [0.25, 0.3) is 0 Å². The lowest BCUT2D eigenvalue weighted by Gasteiger charge is -2.22. The van der Waals surface area contributed by atoms with Crippen molar-refractivity contribution < 1.29 is 4.74 Å². The minimum Gasteiger partial charge on any atom is -0.381 e. The van der Waals surface area contributed by atoms with E-state index < -0.39 is 0 Å². The molecule has 3 rings (SSSR count). The SMILES string of the molecule is c1ccc2nc(CNCC3CCCOC3)ccc2c1. The van der Waals surface area contributed by atoms with Crippen LogP contribution in [0.25, 0.3) is 10.9 Å². The molecular formula is C16H20N2O. The quantitative estimate of drug-likeness (QED) is 0.913. The summed E-state index contributed by atoms with van der Waals surface area (Å²) < 4.78 is 5.49. The van der Waals surface area contributed by atoms with Gasteiger partial charge in [0, 0.05) is 25.1 Å². The van der Waals surface area contributed by atoms with E-state index in [0.29, 0.717) is 5.92 Å². The van der Waals surface area contributed by atoms with Crippen LogP contribution in [0.15, 0.2) is 36.4 Å². The molecule has 1 aliphatic rings. The first-order chi connectivity index (χ1) is 9.42. The molecule has 1 N–H and O–H groups in total. The van der Waals surface area contributed by atoms with Gasteiger partial charge in [-0.3, -0.25) is 4.98 Å². The standard InChI is InChI=1S/C16H20N2O/c1-2-6-16-14(5-1)7-8-15(18-16)11-17-10-13-4-3-9-19-12-13/h1-2,5-8,13,17H,3-4,9-12H2. The molecule has 0 saturated carbocycles. The number of nitrogens with one attached hydrogen (secondary N) is 1. The van der Waals surface area contributed by atoms with E-state index in [1.807, 2.05) is 12.1 Å². The molecule has 1 unspecified atom stereocenters. The normalized spacial score (nSPS) is 19.7. The van der Waals surface area contributed by atoms with Crippen molar-refractivity contribution in [2.45, 2.75) is 19.4 Å². The number of aromatic nitrogens is 1. The number of nitrogens with zero attached hydrogens (tertiary/aromatic N) is 1. The molecule has 3 nitrogen and oxygen atoms in total. The minimum atomic E-state index is 0.661. The second-order valence-electron chi connectivity index (χ2n) is 5.21. The molecule has 2 aromatic rings. The molecule has 0 radical (unpaired) electrons. The summed E-state index contributed by atoms with van der Waals surface area (Å²) in [6.45, 7) is 3.69. The fourth-order valence-electron chi connectivity index (χ4n) is 2.58. The van der Waals surface area contributed by atoms with Gasteiger partial charge >= 0.3 is 0 Å². The van der Waals surface area contributed by atoms with Gasteiger partial charge in [0.2, 0.25) is 0 Å². The number of pyridine rings is 1. The highest BCUT2D eigenvalue weighted by atomic mass is 16.5. The Morgan fingerprint density at radius 1 is 1.21 bits per heavy atom. The molecule has 2 heterocycles. The monoisotopic (exact) mass is 256 g/mol. The van der Waals surface area contributed by atoms with E-state index in [1.54, 1.807) is 0 Å². The fourth-order valence-corrected chi connectivity index (χ4v) is 2.58. The van der Waals surface area contributed by atoms with Gasteiger partial charge < -0.3 is 10.1 Å². The molecule has 1 aromatic carbocycles. The summed E-state index contributed by atoms with van der Waals surface area (Å²) in [4.78, 5) is 4.66. The van der Waals surface area contributed by atoms with Gasteiger partial charge in [-0.1, -0.05) is 24.3 Å². The first-order valence-electron chi connectivity index (χ1n) is 7.05. The predicted octanol–water partition coefficient (Wildman–Crippen LogP) is 2.75. The number of benzene rings is 1. The lowest BCUT2D eigenvalue weighted by molar-refractivity contribution is 0.0547. The van der Waals surface area contributed by atoms with Crippen molar-refractivity contribution in [3.05, 3.63) is 42.1 Å². The van der Waals surface area contributed by atoms with E-state index in [4.69, 9.17) is 4.74 Å². The summed E-state index contributed by atoms with van der Waals surface area (Å²) in [5.74, 6) is 0.661. The maximum Gasteiger partial charge on any atom is 0.0705 e. The molecule has 1 saturated heterocycles. The van der Waals surface area contributed by atoms with Gasteiger partial charge in [0.15, 0.2) is 0 Å². The molecule has 19 heavy (non-hydrogen) atoms. The number of hydrogen-bond acceptors (Lipinski definition) is 3. The summed E-state index contributed by atoms with van der Waals surface area (Å²) in [5.41, 5.74) is 2.18. The first kappa shape index (κ1) is 12.6. The number of para-hydroxylation sites is 1. The summed E-state index contributed by atoms with van der Waals surface area (Å²) in [6.07, 6.45) is 2.47. The van der Waals surface area contributed by atoms with Crippen molar-refractivity contribution >= 4 is 10.9 Å². The van der Waals surface area contributed by atoms with E-state index in [-0.39, 0.29) is 0 Å². The number of rotatable bonds is 4. The Morgan fingerprint density at radius 2 is 2.16 bits per heavy atom. The highest BCUT2D eigenvalue weighted by Crippen LogP contribution is 2.13. The van der Waals surface area contributed by atoms with Crippen LogP contribution >= 0.6 is 0 Å². The van der Waals surface area contributed by atoms with Crippen LogP contribution in [0, 0.1) is 5.92 Å². The van der Waals surface area contributed by atoms with Gasteiger partial charge in [0.1, 0.15) is 0 Å². The molecule has 1 aromatic heterocycles. The second-order valence-corrected chi connectivity index (χ2v) is 5.21. The average Bonchev–Trinajstić information content (AvgIpc) is 2.48. The zero-order valence-corrected chi connectivity index (χ0v) is 11.1. The van der Waals surface area contributed by atoms with Gasteiger partial charge in [0.05, 0.1) is 17.8 Å². The molecule has 0 amide bonds. The van der Waals surface area contributed by atoms with Crippen LogP contribution in [0.3, 0.4) is 0 Å². The largest absolute Gasteiger partial charge is 0.381 e. The Bertz CT molecular complexity index is 535. The Balaban J connectivity index is 1.56. The van der Waals surface area contributed by atoms with E-state index in [0.717, 1.165) is 37.5 Å². The summed E-state index contributed by atoms with van der Waals surface area (Å²) in [7, 11) is 0. The van der Waals surface area contributed by atoms with E-state index in [2.05, 4.69) is 34.6 Å². The molecule has 1 aliphatic heterocycles. The van der Waals surface area contributed by atoms with E-state index >= 15 is 0 Å². The average molecular weight is 256 g/mol.